The van der Waals surface area contributed by atoms with Gasteiger partial charge in [-0.05, 0) is 25.7 Å². The Bertz CT molecular complexity index is 351. The second kappa shape index (κ2) is 44.8. The third-order valence-corrected chi connectivity index (χ3v) is 3.04. The SMILES string of the molecule is C.C=C(C)CC(=C)CC(C)C.C=C([CH2-])[C](=[V])CC(C)C.[V].[V].[V].[V].[V].[V].[V]=[V]. The Kier molecular flexibility index (Phi) is 102. The molecule has 0 saturated heterocycles. The van der Waals surface area contributed by atoms with Crippen molar-refractivity contribution in [3.63, 3.8) is 0 Å². The molecule has 0 rings (SSSR count). The van der Waals surface area contributed by atoms with Crippen molar-refractivity contribution in [2.45, 2.75) is 61.3 Å². The van der Waals surface area contributed by atoms with Gasteiger partial charge in [-0.15, -0.1) is 0 Å². The zero-order valence-electron chi connectivity index (χ0n) is 17.1. The molecule has 0 saturated carbocycles. The van der Waals surface area contributed by atoms with Crippen LogP contribution in [0.15, 0.2) is 36.5 Å². The van der Waals surface area contributed by atoms with Crippen LogP contribution in [-0.2, 0) is 158 Å². The summed E-state index contributed by atoms with van der Waals surface area (Å²) < 4.78 is 1.26. The van der Waals surface area contributed by atoms with E-state index >= 15 is 0 Å². The Morgan fingerprint density at radius 3 is 1.21 bits per heavy atom. The van der Waals surface area contributed by atoms with Crippen LogP contribution < -0.4 is 0 Å². The maximum absolute atomic E-state index is 3.97. The second-order valence-corrected chi connectivity index (χ2v) is 6.97. The molecule has 0 aromatic heterocycles. The zero-order chi connectivity index (χ0) is 17.6. The maximum atomic E-state index is 3.97. The summed E-state index contributed by atoms with van der Waals surface area (Å²) in [6.45, 7) is 26.2. The van der Waals surface area contributed by atoms with Crippen molar-refractivity contribution in [1.29, 1.82) is 0 Å². The van der Waals surface area contributed by atoms with E-state index in [4.69, 9.17) is 0 Å². The van der Waals surface area contributed by atoms with Crippen LogP contribution in [-0.4, -0.2) is 4.23 Å². The summed E-state index contributed by atoms with van der Waals surface area (Å²) in [5.41, 5.74) is 3.47. The molecule has 28 heavy (non-hydrogen) atoms. The van der Waals surface area contributed by atoms with Crippen LogP contribution in [0.1, 0.15) is 61.3 Å². The van der Waals surface area contributed by atoms with E-state index in [1.807, 2.05) is 6.92 Å². The summed E-state index contributed by atoms with van der Waals surface area (Å²) in [6.07, 6.45) is 3.23. The molecule has 0 aliphatic heterocycles. The standard InChI is InChI=1S/C10H18.C8H13.CH4.9V/c1-8(2)6-10(5)7-9(3)4;1-7(2)5-6-8(3)4;;;;;;;;;;/h9H,1,5-7H2,2-4H3;8H,1-2,6H2,3-4H3;1H4;;;;;;;;;/q;-1;;;;;;;;;;. The first-order valence-electron chi connectivity index (χ1n) is 7.13. The average molecular weight is 722 g/mol. The molecule has 157 valence electrons. The number of allylic oxidation sites excluding steroid dienone is 3. The van der Waals surface area contributed by atoms with Crippen molar-refractivity contribution in [1.82, 2.24) is 0 Å². The van der Waals surface area contributed by atoms with Crippen LogP contribution in [0.2, 0.25) is 0 Å². The Labute approximate surface area is 274 Å². The third kappa shape index (κ3) is 63.1. The third-order valence-electron chi connectivity index (χ3n) is 2.26. The molecule has 0 aromatic carbocycles. The van der Waals surface area contributed by atoms with E-state index in [9.17, 15) is 0 Å². The van der Waals surface area contributed by atoms with Gasteiger partial charge in [0.25, 0.3) is 0 Å². The van der Waals surface area contributed by atoms with E-state index < -0.39 is 0 Å². The molecular weight excluding hydrogens is 687 g/mol. The number of hydrogen-bond donors (Lipinski definition) is 0. The van der Waals surface area contributed by atoms with Crippen molar-refractivity contribution < 1.29 is 158 Å². The summed E-state index contributed by atoms with van der Waals surface area (Å²) in [6, 6.07) is 0. The summed E-state index contributed by atoms with van der Waals surface area (Å²) in [5.74, 6) is 1.44. The zero-order valence-corrected chi connectivity index (χ0v) is 29.7. The molecule has 0 aliphatic rings. The molecule has 0 nitrogen and oxygen atoms in total. The second-order valence-electron chi connectivity index (χ2n) is 6.13. The van der Waals surface area contributed by atoms with E-state index in [1.54, 1.807) is 0 Å². The Morgan fingerprint density at radius 2 is 1.07 bits per heavy atom. The van der Waals surface area contributed by atoms with Gasteiger partial charge in [-0.2, -0.15) is 0 Å². The minimum atomic E-state index is 0. The van der Waals surface area contributed by atoms with Crippen molar-refractivity contribution in [3.8, 4) is 0 Å². The van der Waals surface area contributed by atoms with Gasteiger partial charge in [0, 0.05) is 111 Å². The van der Waals surface area contributed by atoms with Crippen molar-refractivity contribution >= 4 is 4.23 Å². The molecular formula is C19H35V9-. The fraction of sp³-hybridized carbons (Fsp3) is 0.579. The predicted molar refractivity (Wildman–Crippen MR) is 93.7 cm³/mol. The number of rotatable bonds is 7. The van der Waals surface area contributed by atoms with Gasteiger partial charge in [-0.25, -0.2) is 0 Å². The normalized spacial score (nSPS) is 6.71. The molecule has 9 heteroatoms. The summed E-state index contributed by atoms with van der Waals surface area (Å²) in [4.78, 5) is 0. The molecule has 6 radical (unpaired) electrons. The van der Waals surface area contributed by atoms with E-state index in [1.165, 1.54) is 15.4 Å². The van der Waals surface area contributed by atoms with E-state index in [2.05, 4.69) is 101 Å². The predicted octanol–water partition coefficient (Wildman–Crippen LogP) is 6.31. The fourth-order valence-corrected chi connectivity index (χ4v) is 2.18. The van der Waals surface area contributed by atoms with Gasteiger partial charge >= 0.3 is 95.7 Å². The Balaban J connectivity index is -0.0000000216. The van der Waals surface area contributed by atoms with E-state index in [-0.39, 0.29) is 119 Å². The summed E-state index contributed by atoms with van der Waals surface area (Å²) >= 11 is 7.03. The average Bonchev–Trinajstić information content (AvgIpc) is 2.29. The van der Waals surface area contributed by atoms with E-state index in [0.29, 0.717) is 5.92 Å². The molecule has 0 heterocycles. The molecule has 0 spiro atoms. The summed E-state index contributed by atoms with van der Waals surface area (Å²) in [7, 11) is 0. The first-order valence-corrected chi connectivity index (χ1v) is 11.0. The first kappa shape index (κ1) is 63.6. The molecule has 0 atom stereocenters. The fourth-order valence-electron chi connectivity index (χ4n) is 1.61. The van der Waals surface area contributed by atoms with E-state index in [0.717, 1.165) is 30.8 Å². The van der Waals surface area contributed by atoms with Crippen LogP contribution in [0.3, 0.4) is 0 Å². The van der Waals surface area contributed by atoms with Crippen LogP contribution in [0.5, 0.6) is 0 Å². The van der Waals surface area contributed by atoms with Gasteiger partial charge in [-0.3, -0.25) is 0 Å². The van der Waals surface area contributed by atoms with Crippen LogP contribution in [0.25, 0.3) is 0 Å². The molecule has 0 N–H and O–H groups in total. The summed E-state index contributed by atoms with van der Waals surface area (Å²) in [5, 5.41) is 0. The van der Waals surface area contributed by atoms with Gasteiger partial charge < -0.3 is 0 Å². The van der Waals surface area contributed by atoms with Crippen molar-refractivity contribution in [2.75, 3.05) is 0 Å². The minimum absolute atomic E-state index is 0. The first-order chi connectivity index (χ1) is 9.56. The Hall–Kier alpha value is 4.22. The molecule has 0 aromatic rings. The van der Waals surface area contributed by atoms with Crippen molar-refractivity contribution in [2.24, 2.45) is 11.8 Å². The Morgan fingerprint density at radius 1 is 0.786 bits per heavy atom. The van der Waals surface area contributed by atoms with Crippen molar-refractivity contribution in [3.05, 3.63) is 43.4 Å². The van der Waals surface area contributed by atoms with Gasteiger partial charge in [0.2, 0.25) is 0 Å². The molecule has 0 bridgehead atoms. The van der Waals surface area contributed by atoms with Gasteiger partial charge in [-0.1, -0.05) is 45.6 Å². The number of hydrogen-bond acceptors (Lipinski definition) is 0. The molecule has 0 unspecified atom stereocenters. The topological polar surface area (TPSA) is 0 Å². The molecule has 0 amide bonds. The van der Waals surface area contributed by atoms with Crippen LogP contribution in [0, 0.1) is 18.8 Å². The molecule has 0 fully saturated rings. The van der Waals surface area contributed by atoms with Gasteiger partial charge in [0.1, 0.15) is 0 Å². The molecule has 0 aliphatic carbocycles. The van der Waals surface area contributed by atoms with Crippen LogP contribution >= 0.6 is 0 Å². The monoisotopic (exact) mass is 722 g/mol. The quantitative estimate of drug-likeness (QED) is 0.214. The van der Waals surface area contributed by atoms with Gasteiger partial charge in [0.15, 0.2) is 0 Å². The van der Waals surface area contributed by atoms with Gasteiger partial charge in [0.05, 0.1) is 0 Å². The van der Waals surface area contributed by atoms with Crippen LogP contribution in [0.4, 0.5) is 0 Å².